The molecule has 0 radical (unpaired) electrons. The number of furan rings is 1. The Morgan fingerprint density at radius 3 is 3.00 bits per heavy atom. The van der Waals surface area contributed by atoms with E-state index in [-0.39, 0.29) is 11.6 Å². The lowest BCUT2D eigenvalue weighted by atomic mass is 10.3. The first-order chi connectivity index (χ1) is 10.2. The molecule has 1 amide bonds. The number of nitrogens with one attached hydrogen (secondary N) is 1. The molecular weight excluding hydrogens is 296 g/mol. The van der Waals surface area contributed by atoms with Crippen LogP contribution in [0.5, 0.6) is 0 Å². The Kier molecular flexibility index (Phi) is 3.74. The van der Waals surface area contributed by atoms with Gasteiger partial charge < -0.3 is 14.3 Å². The van der Waals surface area contributed by atoms with Crippen LogP contribution in [0.1, 0.15) is 10.5 Å². The van der Waals surface area contributed by atoms with Crippen molar-refractivity contribution in [3.05, 3.63) is 47.6 Å². The Labute approximate surface area is 124 Å². The first-order valence-corrected chi connectivity index (χ1v) is 6.58. The van der Waals surface area contributed by atoms with Gasteiger partial charge in [0.1, 0.15) is 5.15 Å². The summed E-state index contributed by atoms with van der Waals surface area (Å²) in [6.45, 7) is 0.851. The zero-order chi connectivity index (χ0) is 14.7. The average Bonchev–Trinajstić information content (AvgIpc) is 3.19. The summed E-state index contributed by atoms with van der Waals surface area (Å²) < 4.78 is 11.8. The second-order valence-electron chi connectivity index (χ2n) is 4.19. The van der Waals surface area contributed by atoms with E-state index in [4.69, 9.17) is 20.5 Å². The number of rotatable bonds is 5. The topological polar surface area (TPSA) is 86.1 Å². The van der Waals surface area contributed by atoms with Crippen molar-refractivity contribution < 1.29 is 13.7 Å². The minimum Gasteiger partial charge on any atom is -0.461 e. The molecule has 3 aromatic rings. The van der Waals surface area contributed by atoms with Crippen LogP contribution in [0.15, 0.2) is 45.7 Å². The lowest BCUT2D eigenvalue weighted by molar-refractivity contribution is 0.0943. The predicted molar refractivity (Wildman–Crippen MR) is 73.8 cm³/mol. The van der Waals surface area contributed by atoms with Crippen LogP contribution in [-0.4, -0.2) is 27.4 Å². The van der Waals surface area contributed by atoms with Gasteiger partial charge in [-0.2, -0.15) is 5.10 Å². The van der Waals surface area contributed by atoms with Gasteiger partial charge in [0.2, 0.25) is 5.76 Å². The molecule has 0 bridgehead atoms. The molecule has 21 heavy (non-hydrogen) atoms. The van der Waals surface area contributed by atoms with Gasteiger partial charge >= 0.3 is 0 Å². The van der Waals surface area contributed by atoms with Crippen molar-refractivity contribution in [2.45, 2.75) is 6.54 Å². The molecule has 8 heteroatoms. The van der Waals surface area contributed by atoms with Gasteiger partial charge in [0.25, 0.3) is 5.91 Å². The van der Waals surface area contributed by atoms with Crippen molar-refractivity contribution in [1.82, 2.24) is 20.3 Å². The van der Waals surface area contributed by atoms with Gasteiger partial charge in [-0.3, -0.25) is 9.48 Å². The number of halogens is 1. The molecule has 0 aliphatic carbocycles. The number of hydrogen-bond acceptors (Lipinski definition) is 5. The smallest absolute Gasteiger partial charge is 0.273 e. The van der Waals surface area contributed by atoms with Crippen LogP contribution in [0.4, 0.5) is 0 Å². The molecular formula is C13H11ClN4O3. The highest BCUT2D eigenvalue weighted by atomic mass is 35.5. The zero-order valence-corrected chi connectivity index (χ0v) is 11.6. The zero-order valence-electron chi connectivity index (χ0n) is 10.8. The van der Waals surface area contributed by atoms with Crippen LogP contribution in [-0.2, 0) is 6.54 Å². The summed E-state index contributed by atoms with van der Waals surface area (Å²) in [6.07, 6.45) is 3.11. The fourth-order valence-corrected chi connectivity index (χ4v) is 1.95. The number of nitrogens with zero attached hydrogens (tertiary/aromatic N) is 3. The Bertz CT molecular complexity index is 732. The second kappa shape index (κ2) is 5.84. The van der Waals surface area contributed by atoms with E-state index in [2.05, 4.69) is 15.6 Å². The van der Waals surface area contributed by atoms with E-state index in [1.807, 2.05) is 0 Å². The summed E-state index contributed by atoms with van der Waals surface area (Å²) in [5.74, 6) is 0.588. The molecule has 0 fully saturated rings. The molecule has 0 aromatic carbocycles. The number of hydrogen-bond donors (Lipinski definition) is 1. The van der Waals surface area contributed by atoms with Gasteiger partial charge in [0.15, 0.2) is 11.5 Å². The summed E-state index contributed by atoms with van der Waals surface area (Å²) in [4.78, 5) is 11.9. The molecule has 0 spiro atoms. The third-order valence-electron chi connectivity index (χ3n) is 2.78. The molecule has 7 nitrogen and oxygen atoms in total. The summed E-state index contributed by atoms with van der Waals surface area (Å²) in [6, 6.07) is 6.65. The fourth-order valence-electron chi connectivity index (χ4n) is 1.76. The van der Waals surface area contributed by atoms with Crippen molar-refractivity contribution in [3.63, 3.8) is 0 Å². The van der Waals surface area contributed by atoms with Gasteiger partial charge in [-0.1, -0.05) is 16.8 Å². The highest BCUT2D eigenvalue weighted by Gasteiger charge is 2.14. The molecule has 0 atom stereocenters. The quantitative estimate of drug-likeness (QED) is 0.781. The fraction of sp³-hybridized carbons (Fsp3) is 0.154. The highest BCUT2D eigenvalue weighted by molar-refractivity contribution is 6.29. The van der Waals surface area contributed by atoms with Crippen LogP contribution >= 0.6 is 11.6 Å². The van der Waals surface area contributed by atoms with Crippen molar-refractivity contribution in [1.29, 1.82) is 0 Å². The van der Waals surface area contributed by atoms with Crippen LogP contribution in [0.25, 0.3) is 11.5 Å². The predicted octanol–water partition coefficient (Wildman–Crippen LogP) is 2.21. The number of aromatic nitrogens is 3. The Morgan fingerprint density at radius 1 is 1.38 bits per heavy atom. The van der Waals surface area contributed by atoms with E-state index >= 15 is 0 Å². The first kappa shape index (κ1) is 13.4. The minimum absolute atomic E-state index is 0.188. The lowest BCUT2D eigenvalue weighted by Crippen LogP contribution is -2.27. The van der Waals surface area contributed by atoms with Gasteiger partial charge in [-0.15, -0.1) is 0 Å². The Balaban J connectivity index is 1.57. The van der Waals surface area contributed by atoms with Crippen molar-refractivity contribution in [2.75, 3.05) is 6.54 Å². The van der Waals surface area contributed by atoms with Crippen LogP contribution in [0.2, 0.25) is 5.15 Å². The standard InChI is InChI=1S/C13H11ClN4O3/c14-12-3-4-16-18(12)6-5-15-13(19)9-8-11(21-17-9)10-2-1-7-20-10/h1-4,7-8H,5-6H2,(H,15,19). The van der Waals surface area contributed by atoms with Crippen molar-refractivity contribution in [2.24, 2.45) is 0 Å². The van der Waals surface area contributed by atoms with E-state index in [1.165, 1.54) is 12.3 Å². The highest BCUT2D eigenvalue weighted by Crippen LogP contribution is 2.20. The minimum atomic E-state index is -0.333. The third kappa shape index (κ3) is 2.97. The molecule has 3 rings (SSSR count). The lowest BCUT2D eigenvalue weighted by Gasteiger charge is -2.04. The van der Waals surface area contributed by atoms with Gasteiger partial charge in [-0.25, -0.2) is 0 Å². The summed E-state index contributed by atoms with van der Waals surface area (Å²) >= 11 is 5.88. The Hall–Kier alpha value is -2.54. The summed E-state index contributed by atoms with van der Waals surface area (Å²) in [5.41, 5.74) is 0.188. The monoisotopic (exact) mass is 306 g/mol. The Morgan fingerprint density at radius 2 is 2.29 bits per heavy atom. The van der Waals surface area contributed by atoms with Gasteiger partial charge in [-0.05, 0) is 18.2 Å². The number of carbonyl (C=O) groups excluding carboxylic acids is 1. The SMILES string of the molecule is O=C(NCCn1nccc1Cl)c1cc(-c2ccco2)on1. The normalized spacial score (nSPS) is 10.7. The van der Waals surface area contributed by atoms with E-state index in [9.17, 15) is 4.79 Å². The maximum absolute atomic E-state index is 11.9. The molecule has 0 saturated heterocycles. The summed E-state index contributed by atoms with van der Waals surface area (Å²) in [5, 5.41) is 11.0. The van der Waals surface area contributed by atoms with Crippen molar-refractivity contribution in [3.8, 4) is 11.5 Å². The van der Waals surface area contributed by atoms with E-state index in [0.717, 1.165) is 0 Å². The molecule has 3 aromatic heterocycles. The molecule has 0 aliphatic rings. The molecule has 108 valence electrons. The maximum Gasteiger partial charge on any atom is 0.273 e. The van der Waals surface area contributed by atoms with E-state index < -0.39 is 0 Å². The first-order valence-electron chi connectivity index (χ1n) is 6.20. The molecule has 1 N–H and O–H groups in total. The van der Waals surface area contributed by atoms with Gasteiger partial charge in [0, 0.05) is 12.6 Å². The van der Waals surface area contributed by atoms with Crippen LogP contribution < -0.4 is 5.32 Å². The average molecular weight is 307 g/mol. The second-order valence-corrected chi connectivity index (χ2v) is 4.57. The van der Waals surface area contributed by atoms with Gasteiger partial charge in [0.05, 0.1) is 19.0 Å². The molecule has 0 unspecified atom stereocenters. The molecule has 0 aliphatic heterocycles. The maximum atomic E-state index is 11.9. The molecule has 0 saturated carbocycles. The number of amides is 1. The van der Waals surface area contributed by atoms with Crippen LogP contribution in [0, 0.1) is 0 Å². The van der Waals surface area contributed by atoms with E-state index in [1.54, 1.807) is 29.1 Å². The van der Waals surface area contributed by atoms with Crippen LogP contribution in [0.3, 0.4) is 0 Å². The van der Waals surface area contributed by atoms with Crippen molar-refractivity contribution >= 4 is 17.5 Å². The largest absolute Gasteiger partial charge is 0.461 e. The number of carbonyl (C=O) groups is 1. The third-order valence-corrected chi connectivity index (χ3v) is 3.10. The summed E-state index contributed by atoms with van der Waals surface area (Å²) in [7, 11) is 0. The van der Waals surface area contributed by atoms with E-state index in [0.29, 0.717) is 29.8 Å². The molecule has 3 heterocycles.